The summed E-state index contributed by atoms with van der Waals surface area (Å²) in [6, 6.07) is 18.0. The minimum absolute atomic E-state index is 0.0280. The Hall–Kier alpha value is -4.45. The maximum absolute atomic E-state index is 12.9. The van der Waals surface area contributed by atoms with Gasteiger partial charge in [-0.05, 0) is 23.8 Å². The monoisotopic (exact) mass is 621 g/mol. The van der Waals surface area contributed by atoms with E-state index in [1.54, 1.807) is 23.5 Å². The summed E-state index contributed by atoms with van der Waals surface area (Å²) < 4.78 is 6.73. The van der Waals surface area contributed by atoms with Crippen molar-refractivity contribution in [3.8, 4) is 11.4 Å². The molecule has 0 bridgehead atoms. The number of benzene rings is 2. The number of thiophene rings is 1. The first-order chi connectivity index (χ1) is 22.1. The number of anilines is 1. The molecule has 0 aliphatic carbocycles. The van der Waals surface area contributed by atoms with Crippen molar-refractivity contribution < 1.29 is 14.3 Å². The standard InChI is InChI=1S/C34H35N7O3S/c42-25(10-9-24-5-2-1-3-6-24)11-12-31(43)40-15-13-39(14-16-40)23-26-21-30-32(45-26)34(41-17-19-44-20-18-41)37-33(36-30)27-7-4-8-29-28(27)22-35-38-29/h1-10,21-22H,11-20,23H2,(H,35,38)/b10-9+. The van der Waals surface area contributed by atoms with Crippen LogP contribution in [0.4, 0.5) is 5.82 Å². The molecule has 3 aromatic heterocycles. The molecule has 0 atom stereocenters. The summed E-state index contributed by atoms with van der Waals surface area (Å²) in [5.41, 5.74) is 3.84. The molecule has 2 fully saturated rings. The highest BCUT2D eigenvalue weighted by molar-refractivity contribution is 7.19. The fourth-order valence-corrected chi connectivity index (χ4v) is 7.07. The van der Waals surface area contributed by atoms with Crippen LogP contribution < -0.4 is 4.90 Å². The van der Waals surface area contributed by atoms with Gasteiger partial charge >= 0.3 is 0 Å². The zero-order valence-electron chi connectivity index (χ0n) is 25.0. The van der Waals surface area contributed by atoms with Gasteiger partial charge in [-0.1, -0.05) is 48.5 Å². The van der Waals surface area contributed by atoms with Crippen molar-refractivity contribution in [3.05, 3.63) is 77.3 Å². The van der Waals surface area contributed by atoms with Gasteiger partial charge in [-0.15, -0.1) is 11.3 Å². The minimum atomic E-state index is -0.0280. The fraction of sp³-hybridized carbons (Fsp3) is 0.324. The summed E-state index contributed by atoms with van der Waals surface area (Å²) in [4.78, 5) is 43.1. The lowest BCUT2D eigenvalue weighted by molar-refractivity contribution is -0.134. The third-order valence-corrected chi connectivity index (χ3v) is 9.50. The highest BCUT2D eigenvalue weighted by atomic mass is 32.1. The third-order valence-electron chi connectivity index (χ3n) is 8.39. The van der Waals surface area contributed by atoms with Crippen LogP contribution in [0.2, 0.25) is 0 Å². The Morgan fingerprint density at radius 1 is 0.933 bits per heavy atom. The number of carbonyl (C=O) groups is 2. The number of aromatic amines is 1. The Bertz CT molecular complexity index is 1840. The van der Waals surface area contributed by atoms with Gasteiger partial charge in [0, 0.05) is 74.5 Å². The van der Waals surface area contributed by atoms with Crippen LogP contribution in [0.3, 0.4) is 0 Å². The summed E-state index contributed by atoms with van der Waals surface area (Å²) in [5, 5.41) is 8.28. The van der Waals surface area contributed by atoms with Gasteiger partial charge in [0.15, 0.2) is 17.4 Å². The van der Waals surface area contributed by atoms with Crippen molar-refractivity contribution >= 4 is 56.0 Å². The molecule has 1 N–H and O–H groups in total. The largest absolute Gasteiger partial charge is 0.378 e. The van der Waals surface area contributed by atoms with Crippen molar-refractivity contribution in [1.29, 1.82) is 0 Å². The second-order valence-electron chi connectivity index (χ2n) is 11.4. The third kappa shape index (κ3) is 6.65. The fourth-order valence-electron chi connectivity index (χ4n) is 5.92. The lowest BCUT2D eigenvalue weighted by Gasteiger charge is -2.34. The van der Waals surface area contributed by atoms with E-state index in [4.69, 9.17) is 14.7 Å². The van der Waals surface area contributed by atoms with Gasteiger partial charge in [0.05, 0.1) is 35.1 Å². The zero-order valence-corrected chi connectivity index (χ0v) is 25.8. The van der Waals surface area contributed by atoms with E-state index >= 15 is 0 Å². The Morgan fingerprint density at radius 3 is 2.58 bits per heavy atom. The summed E-state index contributed by atoms with van der Waals surface area (Å²) in [6.45, 7) is 6.64. The van der Waals surface area contributed by atoms with E-state index in [1.165, 1.54) is 4.88 Å². The van der Waals surface area contributed by atoms with E-state index < -0.39 is 0 Å². The number of amides is 1. The van der Waals surface area contributed by atoms with Gasteiger partial charge in [-0.25, -0.2) is 9.97 Å². The predicted octanol–water partition coefficient (Wildman–Crippen LogP) is 4.78. The number of morpholine rings is 1. The number of hydrogen-bond donors (Lipinski definition) is 1. The molecule has 0 radical (unpaired) electrons. The van der Waals surface area contributed by atoms with E-state index in [9.17, 15) is 9.59 Å². The van der Waals surface area contributed by atoms with Gasteiger partial charge in [0.1, 0.15) is 0 Å². The van der Waals surface area contributed by atoms with Crippen LogP contribution in [0.5, 0.6) is 0 Å². The first-order valence-corrected chi connectivity index (χ1v) is 16.2. The van der Waals surface area contributed by atoms with E-state index in [2.05, 4.69) is 26.1 Å². The molecule has 2 aliphatic rings. The van der Waals surface area contributed by atoms with Crippen LogP contribution in [-0.2, 0) is 20.9 Å². The second-order valence-corrected chi connectivity index (χ2v) is 12.5. The Kier molecular flexibility index (Phi) is 8.63. The smallest absolute Gasteiger partial charge is 0.223 e. The average molecular weight is 622 g/mol. The molecular weight excluding hydrogens is 586 g/mol. The van der Waals surface area contributed by atoms with E-state index in [0.29, 0.717) is 32.1 Å². The maximum atomic E-state index is 12.9. The van der Waals surface area contributed by atoms with Gasteiger partial charge < -0.3 is 14.5 Å². The molecule has 5 aromatic rings. The number of ketones is 1. The maximum Gasteiger partial charge on any atom is 0.223 e. The number of nitrogens with zero attached hydrogens (tertiary/aromatic N) is 6. The van der Waals surface area contributed by atoms with Crippen molar-refractivity contribution in [1.82, 2.24) is 30.0 Å². The van der Waals surface area contributed by atoms with Crippen molar-refractivity contribution in [2.45, 2.75) is 19.4 Å². The second kappa shape index (κ2) is 13.3. The van der Waals surface area contributed by atoms with E-state index in [0.717, 1.165) is 70.8 Å². The number of fused-ring (bicyclic) bond motifs is 2. The van der Waals surface area contributed by atoms with Crippen LogP contribution in [0.25, 0.3) is 38.6 Å². The summed E-state index contributed by atoms with van der Waals surface area (Å²) in [5.74, 6) is 1.67. The SMILES string of the molecule is O=C(/C=C/c1ccccc1)CCC(=O)N1CCN(Cc2cc3nc(-c4cccc5[nH]ncc45)nc(N4CCOCC4)c3s2)CC1. The van der Waals surface area contributed by atoms with E-state index in [1.807, 2.05) is 59.6 Å². The van der Waals surface area contributed by atoms with Gasteiger partial charge in [-0.3, -0.25) is 19.6 Å². The topological polar surface area (TPSA) is 108 Å². The molecule has 0 saturated carbocycles. The predicted molar refractivity (Wildman–Crippen MR) is 177 cm³/mol. The number of piperazine rings is 1. The van der Waals surface area contributed by atoms with Crippen LogP contribution in [0.1, 0.15) is 23.3 Å². The van der Waals surface area contributed by atoms with Gasteiger partial charge in [0.25, 0.3) is 0 Å². The molecule has 1 amide bonds. The highest BCUT2D eigenvalue weighted by Crippen LogP contribution is 2.36. The number of allylic oxidation sites excluding steroid dienone is 1. The molecule has 0 spiro atoms. The molecule has 45 heavy (non-hydrogen) atoms. The number of ether oxygens (including phenoxy) is 1. The number of aromatic nitrogens is 4. The summed E-state index contributed by atoms with van der Waals surface area (Å²) in [6.07, 6.45) is 5.67. The van der Waals surface area contributed by atoms with Gasteiger partial charge in [-0.2, -0.15) is 5.10 Å². The van der Waals surface area contributed by atoms with Crippen LogP contribution in [0, 0.1) is 0 Å². The molecule has 10 nitrogen and oxygen atoms in total. The number of rotatable bonds is 9. The Labute approximate surface area is 265 Å². The summed E-state index contributed by atoms with van der Waals surface area (Å²) in [7, 11) is 0. The number of H-pyrrole nitrogens is 1. The normalized spacial score (nSPS) is 16.3. The molecule has 2 aromatic carbocycles. The number of carbonyl (C=O) groups excluding carboxylic acids is 2. The minimum Gasteiger partial charge on any atom is -0.378 e. The average Bonchev–Trinajstić information content (AvgIpc) is 3.74. The van der Waals surface area contributed by atoms with Gasteiger partial charge in [0.2, 0.25) is 5.91 Å². The first-order valence-electron chi connectivity index (χ1n) is 15.4. The lowest BCUT2D eigenvalue weighted by atomic mass is 10.1. The van der Waals surface area contributed by atoms with Crippen molar-refractivity contribution in [3.63, 3.8) is 0 Å². The molecule has 7 rings (SSSR count). The molecule has 2 saturated heterocycles. The van der Waals surface area contributed by atoms with Crippen LogP contribution in [-0.4, -0.2) is 94.1 Å². The van der Waals surface area contributed by atoms with Crippen molar-refractivity contribution in [2.24, 2.45) is 0 Å². The molecular formula is C34H35N7O3S. The Morgan fingerprint density at radius 2 is 1.76 bits per heavy atom. The quantitative estimate of drug-likeness (QED) is 0.235. The number of hydrogen-bond acceptors (Lipinski definition) is 9. The molecule has 2 aliphatic heterocycles. The highest BCUT2D eigenvalue weighted by Gasteiger charge is 2.24. The molecule has 11 heteroatoms. The molecule has 5 heterocycles. The molecule has 230 valence electrons. The zero-order chi connectivity index (χ0) is 30.6. The summed E-state index contributed by atoms with van der Waals surface area (Å²) >= 11 is 1.75. The first kappa shape index (κ1) is 29.3. The van der Waals surface area contributed by atoms with Crippen LogP contribution in [0.15, 0.2) is 66.9 Å². The number of nitrogens with one attached hydrogen (secondary N) is 1. The van der Waals surface area contributed by atoms with Crippen LogP contribution >= 0.6 is 11.3 Å². The lowest BCUT2D eigenvalue weighted by Crippen LogP contribution is -2.48. The Balaban J connectivity index is 1.01. The van der Waals surface area contributed by atoms with E-state index in [-0.39, 0.29) is 24.5 Å². The molecule has 0 unspecified atom stereocenters. The van der Waals surface area contributed by atoms with Crippen molar-refractivity contribution in [2.75, 3.05) is 57.4 Å².